The fraction of sp³-hybridized carbons (Fsp3) is 0.188. The van der Waals surface area contributed by atoms with E-state index in [4.69, 9.17) is 16.3 Å². The van der Waals surface area contributed by atoms with Gasteiger partial charge in [0, 0.05) is 5.02 Å². The SMILES string of the molecule is O=C(OCC(O)(CO)c1ccc(Cl)cc1)c1ccccc1. The Morgan fingerprint density at radius 3 is 2.29 bits per heavy atom. The number of carbonyl (C=O) groups excluding carboxylic acids is 1. The van der Waals surface area contributed by atoms with Crippen LogP contribution in [0.2, 0.25) is 5.02 Å². The van der Waals surface area contributed by atoms with Gasteiger partial charge in [-0.1, -0.05) is 41.9 Å². The van der Waals surface area contributed by atoms with Crippen LogP contribution < -0.4 is 0 Å². The van der Waals surface area contributed by atoms with Gasteiger partial charge >= 0.3 is 5.97 Å². The molecule has 0 fully saturated rings. The number of esters is 1. The van der Waals surface area contributed by atoms with Crippen LogP contribution in [0, 0.1) is 0 Å². The highest BCUT2D eigenvalue weighted by atomic mass is 35.5. The summed E-state index contributed by atoms with van der Waals surface area (Å²) in [5, 5.41) is 20.3. The van der Waals surface area contributed by atoms with Gasteiger partial charge in [-0.25, -0.2) is 4.79 Å². The lowest BCUT2D eigenvalue weighted by Gasteiger charge is -2.26. The topological polar surface area (TPSA) is 66.8 Å². The predicted octanol–water partition coefficient (Wildman–Crippen LogP) is 2.38. The van der Waals surface area contributed by atoms with Crippen molar-refractivity contribution in [3.8, 4) is 0 Å². The Bertz CT molecular complexity index is 597. The van der Waals surface area contributed by atoms with Crippen molar-refractivity contribution in [3.05, 3.63) is 70.7 Å². The Balaban J connectivity index is 2.08. The average Bonchev–Trinajstić information content (AvgIpc) is 2.53. The Morgan fingerprint density at radius 1 is 1.10 bits per heavy atom. The number of rotatable bonds is 5. The molecular formula is C16H15ClO4. The van der Waals surface area contributed by atoms with Gasteiger partial charge in [0.25, 0.3) is 0 Å². The third-order valence-electron chi connectivity index (χ3n) is 3.09. The van der Waals surface area contributed by atoms with Gasteiger partial charge in [-0.15, -0.1) is 0 Å². The van der Waals surface area contributed by atoms with Crippen LogP contribution >= 0.6 is 11.6 Å². The molecule has 110 valence electrons. The molecule has 5 heteroatoms. The molecule has 0 saturated carbocycles. The van der Waals surface area contributed by atoms with Crippen LogP contribution in [0.3, 0.4) is 0 Å². The summed E-state index contributed by atoms with van der Waals surface area (Å²) in [6, 6.07) is 14.8. The highest BCUT2D eigenvalue weighted by Crippen LogP contribution is 2.23. The van der Waals surface area contributed by atoms with Crippen molar-refractivity contribution in [3.63, 3.8) is 0 Å². The van der Waals surface area contributed by atoms with Gasteiger partial charge in [-0.3, -0.25) is 0 Å². The van der Waals surface area contributed by atoms with Gasteiger partial charge in [0.05, 0.1) is 12.2 Å². The first kappa shape index (κ1) is 15.5. The standard InChI is InChI=1S/C16H15ClO4/c17-14-8-6-13(7-9-14)16(20,10-18)11-21-15(19)12-4-2-1-3-5-12/h1-9,18,20H,10-11H2. The van der Waals surface area contributed by atoms with Gasteiger partial charge in [0.1, 0.15) is 12.2 Å². The lowest BCUT2D eigenvalue weighted by molar-refractivity contribution is -0.0683. The largest absolute Gasteiger partial charge is 0.459 e. The Hall–Kier alpha value is -1.88. The summed E-state index contributed by atoms with van der Waals surface area (Å²) in [5.74, 6) is -0.559. The summed E-state index contributed by atoms with van der Waals surface area (Å²) in [6.45, 7) is -0.921. The van der Waals surface area contributed by atoms with E-state index in [1.165, 1.54) is 0 Å². The van der Waals surface area contributed by atoms with Crippen molar-refractivity contribution in [1.29, 1.82) is 0 Å². The smallest absolute Gasteiger partial charge is 0.338 e. The zero-order valence-corrected chi connectivity index (χ0v) is 12.0. The molecule has 4 nitrogen and oxygen atoms in total. The number of hydrogen-bond acceptors (Lipinski definition) is 4. The number of benzene rings is 2. The van der Waals surface area contributed by atoms with E-state index in [0.717, 1.165) is 0 Å². The number of aliphatic hydroxyl groups is 2. The highest BCUT2D eigenvalue weighted by Gasteiger charge is 2.30. The number of ether oxygens (including phenoxy) is 1. The summed E-state index contributed by atoms with van der Waals surface area (Å²) >= 11 is 5.78. The molecule has 0 saturated heterocycles. The second-order valence-corrected chi connectivity index (χ2v) is 5.08. The maximum absolute atomic E-state index is 11.9. The summed E-state index contributed by atoms with van der Waals surface area (Å²) < 4.78 is 5.09. The van der Waals surface area contributed by atoms with Crippen LogP contribution in [0.1, 0.15) is 15.9 Å². The van der Waals surface area contributed by atoms with E-state index >= 15 is 0 Å². The first-order chi connectivity index (χ1) is 10.0. The quantitative estimate of drug-likeness (QED) is 0.832. The van der Waals surface area contributed by atoms with Crippen LogP contribution in [0.15, 0.2) is 54.6 Å². The molecule has 2 rings (SSSR count). The van der Waals surface area contributed by atoms with E-state index < -0.39 is 18.2 Å². The van der Waals surface area contributed by atoms with Gasteiger partial charge in [-0.05, 0) is 29.8 Å². The number of hydrogen-bond donors (Lipinski definition) is 2. The fourth-order valence-electron chi connectivity index (χ4n) is 1.82. The summed E-state index contributed by atoms with van der Waals surface area (Å²) in [7, 11) is 0. The Kier molecular flexibility index (Phi) is 4.96. The number of halogens is 1. The molecule has 0 spiro atoms. The van der Waals surface area contributed by atoms with Crippen LogP contribution in [0.5, 0.6) is 0 Å². The lowest BCUT2D eigenvalue weighted by atomic mass is 9.96. The molecule has 0 aromatic heterocycles. The molecule has 0 bridgehead atoms. The molecule has 0 radical (unpaired) electrons. The van der Waals surface area contributed by atoms with Crippen LogP contribution in [-0.2, 0) is 10.3 Å². The molecule has 2 aromatic rings. The van der Waals surface area contributed by atoms with E-state index in [9.17, 15) is 15.0 Å². The molecule has 1 atom stereocenters. The number of aliphatic hydroxyl groups excluding tert-OH is 1. The zero-order chi connectivity index (χ0) is 15.3. The third-order valence-corrected chi connectivity index (χ3v) is 3.35. The molecule has 0 aliphatic rings. The van der Waals surface area contributed by atoms with Gasteiger partial charge < -0.3 is 14.9 Å². The maximum Gasteiger partial charge on any atom is 0.338 e. The van der Waals surface area contributed by atoms with Gasteiger partial charge in [0.15, 0.2) is 0 Å². The van der Waals surface area contributed by atoms with Crippen LogP contribution in [0.4, 0.5) is 0 Å². The second kappa shape index (κ2) is 6.72. The second-order valence-electron chi connectivity index (χ2n) is 4.64. The Labute approximate surface area is 127 Å². The third kappa shape index (κ3) is 3.82. The first-order valence-corrected chi connectivity index (χ1v) is 6.74. The fourth-order valence-corrected chi connectivity index (χ4v) is 1.95. The van der Waals surface area contributed by atoms with Crippen molar-refractivity contribution >= 4 is 17.6 Å². The minimum Gasteiger partial charge on any atom is -0.459 e. The maximum atomic E-state index is 11.9. The van der Waals surface area contributed by atoms with E-state index in [1.807, 2.05) is 0 Å². The van der Waals surface area contributed by atoms with E-state index in [1.54, 1.807) is 54.6 Å². The normalized spacial score (nSPS) is 13.5. The lowest BCUT2D eigenvalue weighted by Crippen LogP contribution is -2.36. The molecule has 0 amide bonds. The van der Waals surface area contributed by atoms with Crippen molar-refractivity contribution < 1.29 is 19.7 Å². The average molecular weight is 307 g/mol. The van der Waals surface area contributed by atoms with Crippen molar-refractivity contribution in [1.82, 2.24) is 0 Å². The van der Waals surface area contributed by atoms with Crippen molar-refractivity contribution in [2.75, 3.05) is 13.2 Å². The van der Waals surface area contributed by atoms with Gasteiger partial charge in [0.2, 0.25) is 0 Å². The monoisotopic (exact) mass is 306 g/mol. The first-order valence-electron chi connectivity index (χ1n) is 6.36. The van der Waals surface area contributed by atoms with Crippen molar-refractivity contribution in [2.24, 2.45) is 0 Å². The van der Waals surface area contributed by atoms with Crippen LogP contribution in [-0.4, -0.2) is 29.4 Å². The summed E-state index contributed by atoms with van der Waals surface area (Å²) in [4.78, 5) is 11.9. The zero-order valence-electron chi connectivity index (χ0n) is 11.2. The molecule has 2 aromatic carbocycles. The van der Waals surface area contributed by atoms with Gasteiger partial charge in [-0.2, -0.15) is 0 Å². The minimum atomic E-state index is -1.66. The highest BCUT2D eigenvalue weighted by molar-refractivity contribution is 6.30. The summed E-state index contributed by atoms with van der Waals surface area (Å²) in [5.41, 5.74) is -0.848. The molecule has 21 heavy (non-hydrogen) atoms. The molecule has 2 N–H and O–H groups in total. The minimum absolute atomic E-state index is 0.348. The Morgan fingerprint density at radius 2 is 1.71 bits per heavy atom. The van der Waals surface area contributed by atoms with Crippen molar-refractivity contribution in [2.45, 2.75) is 5.60 Å². The summed E-state index contributed by atoms with van der Waals surface area (Å²) in [6.07, 6.45) is 0. The molecular weight excluding hydrogens is 292 g/mol. The molecule has 0 aliphatic heterocycles. The predicted molar refractivity (Wildman–Crippen MR) is 79.2 cm³/mol. The molecule has 0 aliphatic carbocycles. The molecule has 0 heterocycles. The van der Waals surface area contributed by atoms with E-state index in [0.29, 0.717) is 16.1 Å². The number of carbonyl (C=O) groups is 1. The van der Waals surface area contributed by atoms with Crippen LogP contribution in [0.25, 0.3) is 0 Å². The molecule has 1 unspecified atom stereocenters. The van der Waals surface area contributed by atoms with E-state index in [-0.39, 0.29) is 6.61 Å². The van der Waals surface area contributed by atoms with E-state index in [2.05, 4.69) is 0 Å².